The lowest BCUT2D eigenvalue weighted by Crippen LogP contribution is -1.99. The highest BCUT2D eigenvalue weighted by molar-refractivity contribution is 7.17. The lowest BCUT2D eigenvalue weighted by molar-refractivity contribution is 0.112. The van der Waals surface area contributed by atoms with Crippen LogP contribution in [0.15, 0.2) is 16.9 Å². The van der Waals surface area contributed by atoms with Gasteiger partial charge < -0.3 is 0 Å². The predicted molar refractivity (Wildman–Crippen MR) is 51.4 cm³/mol. The molecule has 0 unspecified atom stereocenters. The number of rotatable bonds is 2. The maximum atomic E-state index is 11.1. The van der Waals surface area contributed by atoms with Crippen LogP contribution in [0, 0.1) is 0 Å². The van der Waals surface area contributed by atoms with Crippen molar-refractivity contribution in [3.63, 3.8) is 0 Å². The largest absolute Gasteiger partial charge is 0.297 e. The molecule has 2 aromatic heterocycles. The zero-order valence-corrected chi connectivity index (χ0v) is 7.95. The quantitative estimate of drug-likeness (QED) is 0.765. The fourth-order valence-electron chi connectivity index (χ4n) is 0.900. The van der Waals surface area contributed by atoms with E-state index < -0.39 is 0 Å². The summed E-state index contributed by atoms with van der Waals surface area (Å²) in [6.45, 7) is 0. The van der Waals surface area contributed by atoms with Crippen molar-refractivity contribution in [1.82, 2.24) is 8.75 Å². The molecule has 0 fully saturated rings. The highest BCUT2D eigenvalue weighted by atomic mass is 32.1. The third-order valence-corrected chi connectivity index (χ3v) is 3.03. The van der Waals surface area contributed by atoms with Gasteiger partial charge in [-0.05, 0) is 12.1 Å². The van der Waals surface area contributed by atoms with Crippen molar-refractivity contribution in [1.29, 1.82) is 0 Å². The molecule has 13 heavy (non-hydrogen) atoms. The summed E-state index contributed by atoms with van der Waals surface area (Å²) in [4.78, 5) is 22.8. The average Bonchev–Trinajstić information content (AvgIpc) is 2.71. The van der Waals surface area contributed by atoms with E-state index in [0.29, 0.717) is 10.6 Å². The van der Waals surface area contributed by atoms with E-state index in [1.165, 1.54) is 11.3 Å². The molecule has 0 bridgehead atoms. The topological polar surface area (TPSA) is 62.8 Å². The van der Waals surface area contributed by atoms with Gasteiger partial charge in [0.1, 0.15) is 0 Å². The molecule has 66 valence electrons. The fourth-order valence-corrected chi connectivity index (χ4v) is 2.26. The van der Waals surface area contributed by atoms with Gasteiger partial charge in [-0.15, -0.1) is 11.3 Å². The van der Waals surface area contributed by atoms with Crippen LogP contribution in [0.5, 0.6) is 0 Å². The SMILES string of the molecule is O=Cc1ccc(-c2ns[nH]c2=O)s1. The van der Waals surface area contributed by atoms with E-state index in [-0.39, 0.29) is 5.56 Å². The van der Waals surface area contributed by atoms with Crippen molar-refractivity contribution in [3.8, 4) is 10.6 Å². The fraction of sp³-hybridized carbons (Fsp3) is 0. The first kappa shape index (κ1) is 8.33. The monoisotopic (exact) mass is 212 g/mol. The first-order valence-corrected chi connectivity index (χ1v) is 5.00. The maximum Gasteiger partial charge on any atom is 0.286 e. The molecule has 0 spiro atoms. The molecule has 2 rings (SSSR count). The Morgan fingerprint density at radius 2 is 2.31 bits per heavy atom. The van der Waals surface area contributed by atoms with E-state index in [2.05, 4.69) is 8.75 Å². The molecule has 0 aliphatic heterocycles. The van der Waals surface area contributed by atoms with Crippen molar-refractivity contribution >= 4 is 29.4 Å². The minimum Gasteiger partial charge on any atom is -0.297 e. The number of carbonyl (C=O) groups excluding carboxylic acids is 1. The summed E-state index contributed by atoms with van der Waals surface area (Å²) in [7, 11) is 0. The van der Waals surface area contributed by atoms with Gasteiger partial charge in [-0.3, -0.25) is 14.0 Å². The van der Waals surface area contributed by atoms with Gasteiger partial charge in [-0.25, -0.2) is 0 Å². The average molecular weight is 212 g/mol. The molecule has 0 radical (unpaired) electrons. The van der Waals surface area contributed by atoms with E-state index in [0.717, 1.165) is 22.9 Å². The number of nitrogens with zero attached hydrogens (tertiary/aromatic N) is 1. The van der Waals surface area contributed by atoms with Gasteiger partial charge in [0, 0.05) is 11.7 Å². The molecule has 0 aromatic carbocycles. The van der Waals surface area contributed by atoms with Gasteiger partial charge in [-0.1, -0.05) is 0 Å². The maximum absolute atomic E-state index is 11.1. The molecule has 1 N–H and O–H groups in total. The van der Waals surface area contributed by atoms with Crippen LogP contribution in [0.25, 0.3) is 10.6 Å². The van der Waals surface area contributed by atoms with E-state index in [4.69, 9.17) is 0 Å². The zero-order valence-electron chi connectivity index (χ0n) is 6.31. The Hall–Kier alpha value is -1.27. The highest BCUT2D eigenvalue weighted by Crippen LogP contribution is 2.23. The Balaban J connectivity index is 2.53. The summed E-state index contributed by atoms with van der Waals surface area (Å²) in [5.41, 5.74) is 0.187. The molecule has 0 saturated heterocycles. The summed E-state index contributed by atoms with van der Waals surface area (Å²) in [6.07, 6.45) is 0.759. The van der Waals surface area contributed by atoms with Crippen LogP contribution in [0.3, 0.4) is 0 Å². The van der Waals surface area contributed by atoms with E-state index >= 15 is 0 Å². The third-order valence-electron chi connectivity index (χ3n) is 1.47. The van der Waals surface area contributed by atoms with Crippen LogP contribution in [0.1, 0.15) is 9.67 Å². The highest BCUT2D eigenvalue weighted by Gasteiger charge is 2.08. The molecule has 0 aliphatic rings. The Bertz CT molecular complexity index is 482. The van der Waals surface area contributed by atoms with Gasteiger partial charge in [0.05, 0.1) is 9.75 Å². The number of thiophene rings is 1. The second-order valence-electron chi connectivity index (χ2n) is 2.28. The third kappa shape index (κ3) is 1.45. The van der Waals surface area contributed by atoms with Gasteiger partial charge in [0.25, 0.3) is 5.56 Å². The molecular weight excluding hydrogens is 208 g/mol. The second kappa shape index (κ2) is 3.23. The number of aromatic amines is 1. The standard InChI is InChI=1S/C7H4N2O2S2/c10-3-4-1-2-5(12-4)6-7(11)9-13-8-6/h1-3H,(H,9,11). The lowest BCUT2D eigenvalue weighted by Gasteiger charge is -1.82. The first-order chi connectivity index (χ1) is 6.31. The number of nitrogens with one attached hydrogen (secondary N) is 1. The first-order valence-electron chi connectivity index (χ1n) is 3.41. The van der Waals surface area contributed by atoms with Crippen molar-refractivity contribution < 1.29 is 4.79 Å². The number of hydrogen-bond acceptors (Lipinski definition) is 5. The number of aldehydes is 1. The number of hydrogen-bond donors (Lipinski definition) is 1. The molecule has 2 heterocycles. The number of aromatic nitrogens is 2. The second-order valence-corrected chi connectivity index (χ2v) is 3.97. The normalized spacial score (nSPS) is 10.2. The molecule has 0 aliphatic carbocycles. The number of H-pyrrole nitrogens is 1. The van der Waals surface area contributed by atoms with Gasteiger partial charge >= 0.3 is 0 Å². The molecule has 0 amide bonds. The Morgan fingerprint density at radius 1 is 1.46 bits per heavy atom. The van der Waals surface area contributed by atoms with Crippen LogP contribution in [-0.4, -0.2) is 15.0 Å². The summed E-state index contributed by atoms with van der Waals surface area (Å²) in [5.74, 6) is 0. The molecule has 4 nitrogen and oxygen atoms in total. The minimum atomic E-state index is -0.204. The summed E-state index contributed by atoms with van der Waals surface area (Å²) in [6, 6.07) is 3.39. The smallest absolute Gasteiger partial charge is 0.286 e. The zero-order chi connectivity index (χ0) is 9.26. The molecule has 0 saturated carbocycles. The Morgan fingerprint density at radius 3 is 2.85 bits per heavy atom. The van der Waals surface area contributed by atoms with Crippen LogP contribution >= 0.6 is 23.1 Å². The van der Waals surface area contributed by atoms with Crippen LogP contribution in [0.2, 0.25) is 0 Å². The van der Waals surface area contributed by atoms with Crippen molar-refractivity contribution in [2.75, 3.05) is 0 Å². The number of carbonyl (C=O) groups is 1. The summed E-state index contributed by atoms with van der Waals surface area (Å²) >= 11 is 2.27. The van der Waals surface area contributed by atoms with Gasteiger partial charge in [0.15, 0.2) is 12.0 Å². The lowest BCUT2D eigenvalue weighted by atomic mass is 10.3. The Labute approximate surface area is 81.2 Å². The summed E-state index contributed by atoms with van der Waals surface area (Å²) in [5, 5.41) is 0. The summed E-state index contributed by atoms with van der Waals surface area (Å²) < 4.78 is 6.39. The van der Waals surface area contributed by atoms with Gasteiger partial charge in [0.2, 0.25) is 0 Å². The molecule has 6 heteroatoms. The predicted octanol–water partition coefficient (Wildman–Crippen LogP) is 1.37. The van der Waals surface area contributed by atoms with Crippen LogP contribution in [-0.2, 0) is 0 Å². The minimum absolute atomic E-state index is 0.204. The van der Waals surface area contributed by atoms with Crippen molar-refractivity contribution in [3.05, 3.63) is 27.4 Å². The van der Waals surface area contributed by atoms with E-state index in [9.17, 15) is 9.59 Å². The van der Waals surface area contributed by atoms with E-state index in [1.54, 1.807) is 12.1 Å². The van der Waals surface area contributed by atoms with Gasteiger partial charge in [-0.2, -0.15) is 4.37 Å². The van der Waals surface area contributed by atoms with E-state index in [1.807, 2.05) is 0 Å². The van der Waals surface area contributed by atoms with Crippen molar-refractivity contribution in [2.45, 2.75) is 0 Å². The molecule has 0 atom stereocenters. The Kier molecular flexibility index (Phi) is 2.07. The van der Waals surface area contributed by atoms with Crippen LogP contribution in [0.4, 0.5) is 0 Å². The molecular formula is C7H4N2O2S2. The van der Waals surface area contributed by atoms with Crippen LogP contribution < -0.4 is 5.56 Å². The van der Waals surface area contributed by atoms with Crippen molar-refractivity contribution in [2.24, 2.45) is 0 Å². The molecule has 2 aromatic rings.